The Morgan fingerprint density at radius 3 is 2.58 bits per heavy atom. The minimum atomic E-state index is -0.229. The molecule has 2 aromatic carbocycles. The smallest absolute Gasteiger partial charge is 0.132 e. The van der Waals surface area contributed by atoms with Crippen LogP contribution in [0.4, 0.5) is 4.39 Å². The molecule has 4 rings (SSSR count). The maximum atomic E-state index is 15.0. The number of rotatable bonds is 2. The summed E-state index contributed by atoms with van der Waals surface area (Å²) >= 11 is 0. The third-order valence-electron chi connectivity index (χ3n) is 5.12. The first-order valence-corrected chi connectivity index (χ1v) is 8.98. The van der Waals surface area contributed by atoms with E-state index in [0.717, 1.165) is 36.3 Å². The lowest BCUT2D eigenvalue weighted by molar-refractivity contribution is 0.328. The van der Waals surface area contributed by atoms with Crippen LogP contribution in [0.25, 0.3) is 11.3 Å². The third kappa shape index (κ3) is 3.25. The highest BCUT2D eigenvalue weighted by Gasteiger charge is 2.24. The van der Waals surface area contributed by atoms with E-state index in [-0.39, 0.29) is 11.7 Å². The number of nitrogens with zero attached hydrogens (tertiary/aromatic N) is 3. The zero-order chi connectivity index (χ0) is 18.1. The molecule has 1 aromatic heterocycles. The van der Waals surface area contributed by atoms with Crippen molar-refractivity contribution in [1.82, 2.24) is 15.1 Å². The van der Waals surface area contributed by atoms with Gasteiger partial charge < -0.3 is 4.90 Å². The van der Waals surface area contributed by atoms with Crippen molar-refractivity contribution >= 4 is 0 Å². The SMILES string of the molecule is Cc1ccc(-c2cc3c(cc2F)C(c2ccccc2)CCN(C)C3)nn1. The molecule has 0 radical (unpaired) electrons. The Balaban J connectivity index is 1.83. The second-order valence-corrected chi connectivity index (χ2v) is 7.08. The fourth-order valence-corrected chi connectivity index (χ4v) is 3.74. The van der Waals surface area contributed by atoms with Gasteiger partial charge in [0.25, 0.3) is 0 Å². The zero-order valence-corrected chi connectivity index (χ0v) is 15.1. The lowest BCUT2D eigenvalue weighted by Gasteiger charge is -2.19. The maximum Gasteiger partial charge on any atom is 0.132 e. The summed E-state index contributed by atoms with van der Waals surface area (Å²) in [6.45, 7) is 3.67. The molecule has 1 aliphatic rings. The van der Waals surface area contributed by atoms with Gasteiger partial charge in [0.05, 0.1) is 11.4 Å². The van der Waals surface area contributed by atoms with Crippen LogP contribution in [0.3, 0.4) is 0 Å². The molecule has 1 atom stereocenters. The van der Waals surface area contributed by atoms with Gasteiger partial charge in [0.15, 0.2) is 0 Å². The van der Waals surface area contributed by atoms with E-state index in [1.807, 2.05) is 31.2 Å². The summed E-state index contributed by atoms with van der Waals surface area (Å²) in [5.74, 6) is -0.0174. The van der Waals surface area contributed by atoms with E-state index in [4.69, 9.17) is 0 Å². The normalized spacial score (nSPS) is 17.6. The highest BCUT2D eigenvalue weighted by molar-refractivity contribution is 5.62. The van der Waals surface area contributed by atoms with E-state index in [1.165, 1.54) is 5.56 Å². The number of fused-ring (bicyclic) bond motifs is 1. The van der Waals surface area contributed by atoms with Gasteiger partial charge >= 0.3 is 0 Å². The zero-order valence-electron chi connectivity index (χ0n) is 15.1. The molecule has 132 valence electrons. The quantitative estimate of drug-likeness (QED) is 0.680. The van der Waals surface area contributed by atoms with Crippen LogP contribution in [0.15, 0.2) is 54.6 Å². The molecule has 26 heavy (non-hydrogen) atoms. The Morgan fingerprint density at radius 1 is 1.04 bits per heavy atom. The third-order valence-corrected chi connectivity index (χ3v) is 5.12. The van der Waals surface area contributed by atoms with Crippen LogP contribution in [0.5, 0.6) is 0 Å². The Kier molecular flexibility index (Phi) is 4.51. The number of hydrogen-bond acceptors (Lipinski definition) is 3. The predicted molar refractivity (Wildman–Crippen MR) is 101 cm³/mol. The Morgan fingerprint density at radius 2 is 1.85 bits per heavy atom. The molecule has 3 nitrogen and oxygen atoms in total. The van der Waals surface area contributed by atoms with Gasteiger partial charge in [-0.2, -0.15) is 10.2 Å². The molecule has 0 aliphatic carbocycles. The summed E-state index contributed by atoms with van der Waals surface area (Å²) < 4.78 is 15.0. The van der Waals surface area contributed by atoms with E-state index in [1.54, 1.807) is 6.07 Å². The summed E-state index contributed by atoms with van der Waals surface area (Å²) in [4.78, 5) is 2.30. The van der Waals surface area contributed by atoms with Crippen LogP contribution in [-0.2, 0) is 6.54 Å². The van der Waals surface area contributed by atoms with Crippen LogP contribution in [0.1, 0.15) is 34.7 Å². The second kappa shape index (κ2) is 6.96. The Hall–Kier alpha value is -2.59. The lowest BCUT2D eigenvalue weighted by atomic mass is 9.85. The van der Waals surface area contributed by atoms with Crippen LogP contribution in [0.2, 0.25) is 0 Å². The van der Waals surface area contributed by atoms with Crippen molar-refractivity contribution < 1.29 is 4.39 Å². The van der Waals surface area contributed by atoms with Gasteiger partial charge in [-0.1, -0.05) is 30.3 Å². The van der Waals surface area contributed by atoms with Gasteiger partial charge in [0.2, 0.25) is 0 Å². The van der Waals surface area contributed by atoms with E-state index < -0.39 is 0 Å². The van der Waals surface area contributed by atoms with Crippen LogP contribution in [-0.4, -0.2) is 28.7 Å². The monoisotopic (exact) mass is 347 g/mol. The first-order valence-electron chi connectivity index (χ1n) is 8.98. The summed E-state index contributed by atoms with van der Waals surface area (Å²) in [6.07, 6.45) is 0.983. The molecule has 0 N–H and O–H groups in total. The van der Waals surface area contributed by atoms with E-state index in [9.17, 15) is 0 Å². The number of hydrogen-bond donors (Lipinski definition) is 0. The average molecular weight is 347 g/mol. The largest absolute Gasteiger partial charge is 0.302 e. The Bertz CT molecular complexity index is 907. The number of aromatic nitrogens is 2. The van der Waals surface area contributed by atoms with Crippen molar-refractivity contribution in [2.45, 2.75) is 25.8 Å². The maximum absolute atomic E-state index is 15.0. The fraction of sp³-hybridized carbons (Fsp3) is 0.273. The van der Waals surface area contributed by atoms with Crippen LogP contribution >= 0.6 is 0 Å². The molecule has 3 aromatic rings. The molecule has 4 heteroatoms. The summed E-state index contributed by atoms with van der Waals surface area (Å²) in [6, 6.07) is 17.8. The van der Waals surface area contributed by atoms with Crippen molar-refractivity contribution in [1.29, 1.82) is 0 Å². The van der Waals surface area contributed by atoms with Crippen molar-refractivity contribution in [2.24, 2.45) is 0 Å². The number of benzene rings is 2. The molecular formula is C22H22FN3. The van der Waals surface area contributed by atoms with Crippen molar-refractivity contribution in [2.75, 3.05) is 13.6 Å². The van der Waals surface area contributed by atoms with Gasteiger partial charge in [-0.05, 0) is 67.9 Å². The van der Waals surface area contributed by atoms with Crippen molar-refractivity contribution in [3.8, 4) is 11.3 Å². The predicted octanol–water partition coefficient (Wildman–Crippen LogP) is 4.56. The number of aryl methyl sites for hydroxylation is 1. The molecule has 1 unspecified atom stereocenters. The molecule has 0 amide bonds. The molecule has 2 heterocycles. The minimum absolute atomic E-state index is 0.212. The summed E-state index contributed by atoms with van der Waals surface area (Å²) in [5.41, 5.74) is 5.43. The number of halogens is 1. The first-order chi connectivity index (χ1) is 12.6. The van der Waals surface area contributed by atoms with Gasteiger partial charge in [0, 0.05) is 18.0 Å². The van der Waals surface area contributed by atoms with E-state index in [0.29, 0.717) is 11.3 Å². The Labute approximate surface area is 153 Å². The van der Waals surface area contributed by atoms with Crippen LogP contribution in [0, 0.1) is 12.7 Å². The van der Waals surface area contributed by atoms with Gasteiger partial charge in [-0.15, -0.1) is 0 Å². The topological polar surface area (TPSA) is 29.0 Å². The summed E-state index contributed by atoms with van der Waals surface area (Å²) in [7, 11) is 2.12. The second-order valence-electron chi connectivity index (χ2n) is 7.08. The molecular weight excluding hydrogens is 325 g/mol. The minimum Gasteiger partial charge on any atom is -0.302 e. The van der Waals surface area contributed by atoms with E-state index in [2.05, 4.69) is 46.4 Å². The van der Waals surface area contributed by atoms with Gasteiger partial charge in [-0.25, -0.2) is 4.39 Å². The lowest BCUT2D eigenvalue weighted by Crippen LogP contribution is -2.17. The molecule has 0 fully saturated rings. The molecule has 0 spiro atoms. The van der Waals surface area contributed by atoms with Crippen molar-refractivity contribution in [3.05, 3.63) is 82.8 Å². The first kappa shape index (κ1) is 16.9. The van der Waals surface area contributed by atoms with Gasteiger partial charge in [0.1, 0.15) is 5.82 Å². The highest BCUT2D eigenvalue weighted by atomic mass is 19.1. The molecule has 1 aliphatic heterocycles. The van der Waals surface area contributed by atoms with Gasteiger partial charge in [-0.3, -0.25) is 0 Å². The highest BCUT2D eigenvalue weighted by Crippen LogP contribution is 2.36. The fourth-order valence-electron chi connectivity index (χ4n) is 3.74. The van der Waals surface area contributed by atoms with Crippen LogP contribution < -0.4 is 0 Å². The standard InChI is InChI=1S/C22H22FN3/c1-15-8-9-22(25-24-15)20-12-17-14-26(2)11-10-18(19(17)13-21(20)23)16-6-4-3-5-7-16/h3-9,12-13,18H,10-11,14H2,1-2H3. The molecule has 0 bridgehead atoms. The van der Waals surface area contributed by atoms with Crippen molar-refractivity contribution in [3.63, 3.8) is 0 Å². The molecule has 0 saturated carbocycles. The average Bonchev–Trinajstić information content (AvgIpc) is 2.81. The molecule has 0 saturated heterocycles. The van der Waals surface area contributed by atoms with E-state index >= 15 is 4.39 Å². The summed E-state index contributed by atoms with van der Waals surface area (Å²) in [5, 5.41) is 8.25.